The highest BCUT2D eigenvalue weighted by atomic mass is 16.5. The summed E-state index contributed by atoms with van der Waals surface area (Å²) in [6.45, 7) is 6.22. The Balaban J connectivity index is 1.66. The minimum Gasteiger partial charge on any atom is -0.496 e. The lowest BCUT2D eigenvalue weighted by Gasteiger charge is -2.29. The fraction of sp³-hybridized carbons (Fsp3) is 0.308. The molecule has 0 atom stereocenters. The molecule has 0 unspecified atom stereocenters. The molecule has 6 nitrogen and oxygen atoms in total. The zero-order chi connectivity index (χ0) is 22.7. The quantitative estimate of drug-likeness (QED) is 0.666. The molecule has 1 saturated heterocycles. The number of benzene rings is 2. The summed E-state index contributed by atoms with van der Waals surface area (Å²) in [7, 11) is 5.06. The van der Waals surface area contributed by atoms with E-state index < -0.39 is 0 Å². The Morgan fingerprint density at radius 1 is 1.00 bits per heavy atom. The molecule has 0 bridgehead atoms. The Labute approximate surface area is 189 Å². The maximum Gasteiger partial charge on any atom is 0.257 e. The summed E-state index contributed by atoms with van der Waals surface area (Å²) >= 11 is 0. The smallest absolute Gasteiger partial charge is 0.257 e. The number of pyridine rings is 1. The van der Waals surface area contributed by atoms with Crippen LogP contribution in [0.15, 0.2) is 54.9 Å². The van der Waals surface area contributed by atoms with Crippen LogP contribution in [-0.2, 0) is 0 Å². The summed E-state index contributed by atoms with van der Waals surface area (Å²) in [5.41, 5.74) is 7.18. The monoisotopic (exact) mass is 430 g/mol. The summed E-state index contributed by atoms with van der Waals surface area (Å²) in [5.74, 6) is 0.480. The van der Waals surface area contributed by atoms with Crippen molar-refractivity contribution in [1.82, 2.24) is 15.2 Å². The van der Waals surface area contributed by atoms with E-state index in [1.807, 2.05) is 30.6 Å². The van der Waals surface area contributed by atoms with Crippen molar-refractivity contribution in [1.29, 1.82) is 0 Å². The molecule has 1 amide bonds. The fourth-order valence-corrected chi connectivity index (χ4v) is 4.16. The first-order valence-corrected chi connectivity index (χ1v) is 10.9. The molecule has 1 N–H and O–H groups in total. The van der Waals surface area contributed by atoms with Gasteiger partial charge in [-0.15, -0.1) is 0 Å². The van der Waals surface area contributed by atoms with E-state index in [9.17, 15) is 4.79 Å². The molecular formula is C26H30N4O2. The first-order chi connectivity index (χ1) is 15.5. The molecule has 1 aliphatic heterocycles. The summed E-state index contributed by atoms with van der Waals surface area (Å²) in [5, 5.41) is 3.39. The van der Waals surface area contributed by atoms with E-state index in [2.05, 4.69) is 46.4 Å². The minimum absolute atomic E-state index is 0.0819. The number of carbonyl (C=O) groups excluding carboxylic acids is 1. The van der Waals surface area contributed by atoms with E-state index in [1.54, 1.807) is 26.1 Å². The van der Waals surface area contributed by atoms with Crippen molar-refractivity contribution in [3.8, 4) is 28.0 Å². The highest BCUT2D eigenvalue weighted by molar-refractivity contribution is 5.97. The normalized spacial score (nSPS) is 13.7. The zero-order valence-corrected chi connectivity index (χ0v) is 19.2. The molecule has 2 aromatic carbocycles. The van der Waals surface area contributed by atoms with Crippen molar-refractivity contribution >= 4 is 11.6 Å². The minimum atomic E-state index is -0.0819. The number of aromatic nitrogens is 1. The second-order valence-electron chi connectivity index (χ2n) is 8.26. The van der Waals surface area contributed by atoms with Crippen molar-refractivity contribution in [3.63, 3.8) is 0 Å². The second-order valence-corrected chi connectivity index (χ2v) is 8.26. The number of piperazine rings is 1. The number of nitrogens with one attached hydrogen (secondary N) is 1. The molecule has 32 heavy (non-hydrogen) atoms. The van der Waals surface area contributed by atoms with Crippen LogP contribution in [0.25, 0.3) is 22.3 Å². The highest BCUT2D eigenvalue weighted by Crippen LogP contribution is 2.34. The number of amides is 1. The Morgan fingerprint density at radius 2 is 1.62 bits per heavy atom. The van der Waals surface area contributed by atoms with Gasteiger partial charge in [0.1, 0.15) is 5.75 Å². The Morgan fingerprint density at radius 3 is 2.25 bits per heavy atom. The second kappa shape index (κ2) is 9.40. The lowest BCUT2D eigenvalue weighted by atomic mass is 9.94. The Kier molecular flexibility index (Phi) is 6.42. The molecule has 1 fully saturated rings. The van der Waals surface area contributed by atoms with Gasteiger partial charge in [0.05, 0.1) is 12.7 Å². The van der Waals surface area contributed by atoms with Gasteiger partial charge in [0.2, 0.25) is 0 Å². The van der Waals surface area contributed by atoms with Crippen LogP contribution in [0.4, 0.5) is 5.69 Å². The Hall–Kier alpha value is -3.38. The number of nitrogens with zero attached hydrogens (tertiary/aromatic N) is 3. The third kappa shape index (κ3) is 4.32. The molecular weight excluding hydrogens is 400 g/mol. The highest BCUT2D eigenvalue weighted by Gasteiger charge is 2.17. The molecule has 0 radical (unpaired) electrons. The number of methoxy groups -OCH3 is 1. The van der Waals surface area contributed by atoms with E-state index >= 15 is 0 Å². The molecule has 0 spiro atoms. The van der Waals surface area contributed by atoms with E-state index in [1.165, 1.54) is 5.69 Å². The number of hydrogen-bond acceptors (Lipinski definition) is 5. The fourth-order valence-electron chi connectivity index (χ4n) is 4.16. The van der Waals surface area contributed by atoms with Crippen molar-refractivity contribution in [3.05, 3.63) is 66.0 Å². The third-order valence-electron chi connectivity index (χ3n) is 6.02. The average molecular weight is 431 g/mol. The molecule has 6 heteroatoms. The summed E-state index contributed by atoms with van der Waals surface area (Å²) in [6, 6.07) is 14.4. The van der Waals surface area contributed by atoms with E-state index in [4.69, 9.17) is 4.74 Å². The number of anilines is 1. The van der Waals surface area contributed by atoms with E-state index in [0.717, 1.165) is 54.0 Å². The summed E-state index contributed by atoms with van der Waals surface area (Å²) in [6.07, 6.45) is 3.79. The van der Waals surface area contributed by atoms with Crippen LogP contribution in [0.3, 0.4) is 0 Å². The zero-order valence-electron chi connectivity index (χ0n) is 19.2. The van der Waals surface area contributed by atoms with Gasteiger partial charge in [-0.2, -0.15) is 0 Å². The van der Waals surface area contributed by atoms with Crippen LogP contribution >= 0.6 is 0 Å². The van der Waals surface area contributed by atoms with Crippen molar-refractivity contribution < 1.29 is 9.53 Å². The predicted molar refractivity (Wildman–Crippen MR) is 129 cm³/mol. The first-order valence-electron chi connectivity index (χ1n) is 10.9. The van der Waals surface area contributed by atoms with Gasteiger partial charge in [-0.05, 0) is 47.9 Å². The first kappa shape index (κ1) is 21.8. The molecule has 1 aromatic heterocycles. The van der Waals surface area contributed by atoms with Gasteiger partial charge in [-0.25, -0.2) is 0 Å². The van der Waals surface area contributed by atoms with Crippen LogP contribution in [0.2, 0.25) is 0 Å². The van der Waals surface area contributed by atoms with Gasteiger partial charge < -0.3 is 19.9 Å². The van der Waals surface area contributed by atoms with Gasteiger partial charge in [-0.3, -0.25) is 9.78 Å². The van der Waals surface area contributed by atoms with E-state index in [-0.39, 0.29) is 5.91 Å². The largest absolute Gasteiger partial charge is 0.496 e. The number of rotatable bonds is 5. The van der Waals surface area contributed by atoms with Gasteiger partial charge in [0, 0.05) is 69.5 Å². The Bertz CT molecular complexity index is 1100. The predicted octanol–water partition coefficient (Wildman–Crippen LogP) is 3.84. The van der Waals surface area contributed by atoms with Crippen LogP contribution in [-0.4, -0.2) is 63.2 Å². The molecule has 0 saturated carbocycles. The SMILES string of the molecule is COc1cc(-c2cncc(-c3ccc(N4CCNCC4)cc3)c2C)ccc1C(=O)N(C)C. The van der Waals surface area contributed by atoms with Crippen LogP contribution in [0, 0.1) is 6.92 Å². The van der Waals surface area contributed by atoms with Crippen LogP contribution in [0.1, 0.15) is 15.9 Å². The average Bonchev–Trinajstić information content (AvgIpc) is 2.84. The standard InChI is InChI=1S/C26H30N4O2/c1-18-23(19-5-8-21(9-6-19)30-13-11-27-12-14-30)16-28-17-24(18)20-7-10-22(25(15-20)32-4)26(31)29(2)3/h5-10,15-17,27H,11-14H2,1-4H3. The van der Waals surface area contributed by atoms with Crippen LogP contribution in [0.5, 0.6) is 5.75 Å². The number of hydrogen-bond donors (Lipinski definition) is 1. The van der Waals surface area contributed by atoms with Crippen LogP contribution < -0.4 is 15.0 Å². The number of ether oxygens (including phenoxy) is 1. The maximum atomic E-state index is 12.4. The number of carbonyl (C=O) groups is 1. The topological polar surface area (TPSA) is 57.7 Å². The van der Waals surface area contributed by atoms with Gasteiger partial charge in [0.15, 0.2) is 0 Å². The molecule has 2 heterocycles. The van der Waals surface area contributed by atoms with Gasteiger partial charge in [-0.1, -0.05) is 18.2 Å². The molecule has 1 aliphatic rings. The summed E-state index contributed by atoms with van der Waals surface area (Å²) < 4.78 is 5.53. The summed E-state index contributed by atoms with van der Waals surface area (Å²) in [4.78, 5) is 20.9. The van der Waals surface area contributed by atoms with Crippen molar-refractivity contribution in [2.45, 2.75) is 6.92 Å². The lowest BCUT2D eigenvalue weighted by molar-refractivity contribution is 0.0824. The molecule has 3 aromatic rings. The molecule has 166 valence electrons. The van der Waals surface area contributed by atoms with E-state index in [0.29, 0.717) is 11.3 Å². The molecule has 0 aliphatic carbocycles. The van der Waals surface area contributed by atoms with Crippen molar-refractivity contribution in [2.24, 2.45) is 0 Å². The lowest BCUT2D eigenvalue weighted by Crippen LogP contribution is -2.43. The maximum absolute atomic E-state index is 12.4. The van der Waals surface area contributed by atoms with Gasteiger partial charge >= 0.3 is 0 Å². The molecule has 4 rings (SSSR count). The van der Waals surface area contributed by atoms with Gasteiger partial charge in [0.25, 0.3) is 5.91 Å². The van der Waals surface area contributed by atoms with Crippen molar-refractivity contribution in [2.75, 3.05) is 52.3 Å². The third-order valence-corrected chi connectivity index (χ3v) is 6.02.